The van der Waals surface area contributed by atoms with Gasteiger partial charge in [0.15, 0.2) is 0 Å². The first-order chi connectivity index (χ1) is 8.66. The van der Waals surface area contributed by atoms with Gasteiger partial charge in [0, 0.05) is 24.2 Å². The minimum Gasteiger partial charge on any atom is -0.383 e. The lowest BCUT2D eigenvalue weighted by Gasteiger charge is -2.02. The minimum absolute atomic E-state index is 0.346. The second-order valence-corrected chi connectivity index (χ2v) is 4.11. The standard InChI is InChI=1S/C13H11FN4/c1-8-4-5-16-6-10(8)12-13(15)18-7-9(14)2-3-11(18)17-12/h2-7H,15H2,1H3. The number of fused-ring (bicyclic) bond motifs is 1. The Balaban J connectivity index is 2.31. The van der Waals surface area contributed by atoms with Gasteiger partial charge in [-0.1, -0.05) is 0 Å². The van der Waals surface area contributed by atoms with Crippen LogP contribution in [0.5, 0.6) is 0 Å². The van der Waals surface area contributed by atoms with Crippen LogP contribution in [0.1, 0.15) is 5.56 Å². The van der Waals surface area contributed by atoms with E-state index in [0.717, 1.165) is 11.1 Å². The van der Waals surface area contributed by atoms with E-state index in [4.69, 9.17) is 5.73 Å². The van der Waals surface area contributed by atoms with Crippen LogP contribution in [0.2, 0.25) is 0 Å². The van der Waals surface area contributed by atoms with Crippen molar-refractivity contribution >= 4 is 11.5 Å². The van der Waals surface area contributed by atoms with Crippen LogP contribution >= 0.6 is 0 Å². The maximum Gasteiger partial charge on any atom is 0.140 e. The molecule has 4 nitrogen and oxygen atoms in total. The molecule has 2 N–H and O–H groups in total. The predicted molar refractivity (Wildman–Crippen MR) is 67.5 cm³/mol. The summed E-state index contributed by atoms with van der Waals surface area (Å²) in [5.41, 5.74) is 9.15. The summed E-state index contributed by atoms with van der Waals surface area (Å²) in [6, 6.07) is 4.85. The summed E-state index contributed by atoms with van der Waals surface area (Å²) in [6.45, 7) is 1.96. The zero-order valence-corrected chi connectivity index (χ0v) is 9.76. The summed E-state index contributed by atoms with van der Waals surface area (Å²) < 4.78 is 14.7. The van der Waals surface area contributed by atoms with Crippen molar-refractivity contribution in [3.8, 4) is 11.3 Å². The fraction of sp³-hybridized carbons (Fsp3) is 0.0769. The number of aryl methyl sites for hydroxylation is 1. The Morgan fingerprint density at radius 3 is 2.89 bits per heavy atom. The molecule has 0 amide bonds. The Morgan fingerprint density at radius 2 is 2.11 bits per heavy atom. The number of imidazole rings is 1. The average molecular weight is 242 g/mol. The van der Waals surface area contributed by atoms with E-state index >= 15 is 0 Å². The molecule has 0 radical (unpaired) electrons. The Bertz CT molecular complexity index is 733. The van der Waals surface area contributed by atoms with Gasteiger partial charge >= 0.3 is 0 Å². The molecule has 0 bridgehead atoms. The third-order valence-corrected chi connectivity index (χ3v) is 2.91. The summed E-state index contributed by atoms with van der Waals surface area (Å²) in [5, 5.41) is 0. The number of hydrogen-bond donors (Lipinski definition) is 1. The highest BCUT2D eigenvalue weighted by atomic mass is 19.1. The molecule has 0 aromatic carbocycles. The van der Waals surface area contributed by atoms with Gasteiger partial charge in [0.2, 0.25) is 0 Å². The van der Waals surface area contributed by atoms with Crippen LogP contribution in [0.3, 0.4) is 0 Å². The third-order valence-electron chi connectivity index (χ3n) is 2.91. The van der Waals surface area contributed by atoms with Gasteiger partial charge in [0.1, 0.15) is 23.0 Å². The number of anilines is 1. The molecular formula is C13H11FN4. The Labute approximate surface area is 103 Å². The Hall–Kier alpha value is -2.43. The predicted octanol–water partition coefficient (Wildman–Crippen LogP) is 2.43. The molecule has 0 unspecified atom stereocenters. The topological polar surface area (TPSA) is 56.2 Å². The first kappa shape index (κ1) is 10.7. The van der Waals surface area contributed by atoms with Crippen LogP contribution in [-0.4, -0.2) is 14.4 Å². The molecule has 0 saturated heterocycles. The van der Waals surface area contributed by atoms with E-state index in [1.807, 2.05) is 13.0 Å². The lowest BCUT2D eigenvalue weighted by atomic mass is 10.1. The van der Waals surface area contributed by atoms with Crippen LogP contribution in [0.4, 0.5) is 10.2 Å². The van der Waals surface area contributed by atoms with Crippen molar-refractivity contribution in [2.75, 3.05) is 5.73 Å². The SMILES string of the molecule is Cc1ccncc1-c1nc2ccc(F)cn2c1N. The first-order valence-electron chi connectivity index (χ1n) is 5.51. The average Bonchev–Trinajstić information content (AvgIpc) is 2.68. The summed E-state index contributed by atoms with van der Waals surface area (Å²) in [7, 11) is 0. The van der Waals surface area contributed by atoms with Crippen LogP contribution < -0.4 is 5.73 Å². The fourth-order valence-electron chi connectivity index (χ4n) is 1.95. The molecule has 3 heterocycles. The second kappa shape index (κ2) is 3.80. The van der Waals surface area contributed by atoms with E-state index in [0.29, 0.717) is 17.2 Å². The summed E-state index contributed by atoms with van der Waals surface area (Å²) in [6.07, 6.45) is 4.75. The van der Waals surface area contributed by atoms with Crippen molar-refractivity contribution in [2.45, 2.75) is 6.92 Å². The van der Waals surface area contributed by atoms with Crippen LogP contribution in [-0.2, 0) is 0 Å². The highest BCUT2D eigenvalue weighted by Gasteiger charge is 2.13. The molecule has 0 aliphatic rings. The molecule has 18 heavy (non-hydrogen) atoms. The van der Waals surface area contributed by atoms with Gasteiger partial charge in [-0.25, -0.2) is 9.37 Å². The van der Waals surface area contributed by atoms with Crippen LogP contribution in [0.25, 0.3) is 16.9 Å². The minimum atomic E-state index is -0.346. The molecule has 3 rings (SSSR count). The first-order valence-corrected chi connectivity index (χ1v) is 5.51. The number of halogens is 1. The van der Waals surface area contributed by atoms with Gasteiger partial charge in [-0.05, 0) is 30.7 Å². The molecular weight excluding hydrogens is 231 g/mol. The van der Waals surface area contributed by atoms with Crippen molar-refractivity contribution in [1.82, 2.24) is 14.4 Å². The quantitative estimate of drug-likeness (QED) is 0.713. The summed E-state index contributed by atoms with van der Waals surface area (Å²) >= 11 is 0. The number of pyridine rings is 2. The van der Waals surface area contributed by atoms with Gasteiger partial charge in [-0.15, -0.1) is 0 Å². The van der Waals surface area contributed by atoms with Crippen molar-refractivity contribution in [2.24, 2.45) is 0 Å². The molecule has 3 aromatic heterocycles. The second-order valence-electron chi connectivity index (χ2n) is 4.11. The maximum atomic E-state index is 13.2. The molecule has 0 aliphatic carbocycles. The highest BCUT2D eigenvalue weighted by Crippen LogP contribution is 2.28. The number of rotatable bonds is 1. The fourth-order valence-corrected chi connectivity index (χ4v) is 1.95. The van der Waals surface area contributed by atoms with Crippen molar-refractivity contribution in [3.63, 3.8) is 0 Å². The Morgan fingerprint density at radius 1 is 1.28 bits per heavy atom. The van der Waals surface area contributed by atoms with Crippen LogP contribution in [0.15, 0.2) is 36.8 Å². The molecule has 0 spiro atoms. The number of aromatic nitrogens is 3. The molecule has 90 valence electrons. The summed E-state index contributed by atoms with van der Waals surface area (Å²) in [4.78, 5) is 8.49. The van der Waals surface area contributed by atoms with Gasteiger partial charge < -0.3 is 5.73 Å². The zero-order valence-electron chi connectivity index (χ0n) is 9.76. The number of hydrogen-bond acceptors (Lipinski definition) is 3. The molecule has 5 heteroatoms. The molecule has 0 fully saturated rings. The van der Waals surface area contributed by atoms with Crippen molar-refractivity contribution in [3.05, 3.63) is 48.2 Å². The van der Waals surface area contributed by atoms with Gasteiger partial charge in [-0.3, -0.25) is 9.38 Å². The molecule has 3 aromatic rings. The van der Waals surface area contributed by atoms with E-state index in [9.17, 15) is 4.39 Å². The van der Waals surface area contributed by atoms with Crippen molar-refractivity contribution in [1.29, 1.82) is 0 Å². The lowest BCUT2D eigenvalue weighted by Crippen LogP contribution is -1.95. The zero-order chi connectivity index (χ0) is 12.7. The van der Waals surface area contributed by atoms with Gasteiger partial charge in [0.05, 0.1) is 0 Å². The third kappa shape index (κ3) is 1.52. The van der Waals surface area contributed by atoms with Gasteiger partial charge in [-0.2, -0.15) is 0 Å². The van der Waals surface area contributed by atoms with E-state index in [1.54, 1.807) is 18.5 Å². The molecule has 0 atom stereocenters. The molecule has 0 saturated carbocycles. The van der Waals surface area contributed by atoms with E-state index in [2.05, 4.69) is 9.97 Å². The normalized spacial score (nSPS) is 11.0. The van der Waals surface area contributed by atoms with E-state index < -0.39 is 0 Å². The monoisotopic (exact) mass is 242 g/mol. The van der Waals surface area contributed by atoms with Crippen molar-refractivity contribution < 1.29 is 4.39 Å². The van der Waals surface area contributed by atoms with Crippen LogP contribution in [0, 0.1) is 12.7 Å². The maximum absolute atomic E-state index is 13.2. The van der Waals surface area contributed by atoms with E-state index in [-0.39, 0.29) is 5.82 Å². The van der Waals surface area contributed by atoms with Gasteiger partial charge in [0.25, 0.3) is 0 Å². The molecule has 0 aliphatic heterocycles. The number of nitrogen functional groups attached to an aromatic ring is 1. The smallest absolute Gasteiger partial charge is 0.140 e. The number of nitrogens with two attached hydrogens (primary N) is 1. The largest absolute Gasteiger partial charge is 0.383 e. The number of nitrogens with zero attached hydrogens (tertiary/aromatic N) is 3. The van der Waals surface area contributed by atoms with E-state index in [1.165, 1.54) is 16.7 Å². The lowest BCUT2D eigenvalue weighted by molar-refractivity contribution is 0.619. The highest BCUT2D eigenvalue weighted by molar-refractivity contribution is 5.76. The Kier molecular flexibility index (Phi) is 2.26. The summed E-state index contributed by atoms with van der Waals surface area (Å²) in [5.74, 6) is 0.0710.